The van der Waals surface area contributed by atoms with Crippen LogP contribution in [0.25, 0.3) is 0 Å². The Bertz CT molecular complexity index is 484. The number of benzene rings is 1. The van der Waals surface area contributed by atoms with Gasteiger partial charge in [-0.15, -0.1) is 0 Å². The Morgan fingerprint density at radius 3 is 2.65 bits per heavy atom. The van der Waals surface area contributed by atoms with Gasteiger partial charge in [-0.1, -0.05) is 24.3 Å². The molecule has 1 aromatic rings. The van der Waals surface area contributed by atoms with Crippen molar-refractivity contribution in [2.75, 3.05) is 0 Å². The highest BCUT2D eigenvalue weighted by molar-refractivity contribution is 5.81. The molecule has 0 radical (unpaired) electrons. The van der Waals surface area contributed by atoms with Gasteiger partial charge in [0.15, 0.2) is 0 Å². The van der Waals surface area contributed by atoms with Crippen molar-refractivity contribution in [3.05, 3.63) is 47.3 Å². The first-order valence-corrected chi connectivity index (χ1v) is 6.12. The maximum absolute atomic E-state index is 14.0. The zero-order valence-corrected chi connectivity index (χ0v) is 9.71. The monoisotopic (exact) mass is 230 g/mol. The van der Waals surface area contributed by atoms with E-state index in [0.29, 0.717) is 12.8 Å². The average Bonchev–Trinajstić information content (AvgIpc) is 2.44. The van der Waals surface area contributed by atoms with Gasteiger partial charge in [-0.25, -0.2) is 4.39 Å². The number of halogens is 1. The van der Waals surface area contributed by atoms with E-state index in [0.717, 1.165) is 29.5 Å². The first kappa shape index (κ1) is 10.7. The van der Waals surface area contributed by atoms with Crippen LogP contribution in [0.15, 0.2) is 30.4 Å². The molecule has 0 N–H and O–H groups in total. The predicted octanol–water partition coefficient (Wildman–Crippen LogP) is 3.71. The minimum absolute atomic E-state index is 0.0127. The van der Waals surface area contributed by atoms with Gasteiger partial charge in [-0.3, -0.25) is 4.79 Å². The van der Waals surface area contributed by atoms with Gasteiger partial charge in [0.05, 0.1) is 0 Å². The van der Waals surface area contributed by atoms with E-state index in [4.69, 9.17) is 0 Å². The first-order valence-electron chi connectivity index (χ1n) is 6.12. The van der Waals surface area contributed by atoms with Gasteiger partial charge in [0, 0.05) is 12.8 Å². The van der Waals surface area contributed by atoms with Gasteiger partial charge < -0.3 is 0 Å². The summed E-state index contributed by atoms with van der Waals surface area (Å²) in [5.41, 5.74) is 2.98. The molecule has 0 heterocycles. The molecule has 0 aliphatic heterocycles. The zero-order chi connectivity index (χ0) is 12.0. The maximum atomic E-state index is 14.0. The minimum Gasteiger partial charge on any atom is -0.300 e. The summed E-state index contributed by atoms with van der Waals surface area (Å²) in [6.07, 6.45) is 2.62. The predicted molar refractivity (Wildman–Crippen MR) is 64.5 cm³/mol. The van der Waals surface area contributed by atoms with Gasteiger partial charge in [-0.05, 0) is 41.9 Å². The van der Waals surface area contributed by atoms with Crippen LogP contribution in [0.2, 0.25) is 0 Å². The number of rotatable bonds is 0. The van der Waals surface area contributed by atoms with Crippen LogP contribution < -0.4 is 0 Å². The summed E-state index contributed by atoms with van der Waals surface area (Å²) in [7, 11) is 0. The van der Waals surface area contributed by atoms with E-state index in [1.54, 1.807) is 6.07 Å². The molecule has 2 heteroatoms. The second-order valence-electron chi connectivity index (χ2n) is 5.24. The van der Waals surface area contributed by atoms with Crippen LogP contribution in [-0.2, 0) is 4.79 Å². The fourth-order valence-corrected chi connectivity index (χ4v) is 3.32. The Morgan fingerprint density at radius 2 is 1.82 bits per heavy atom. The highest BCUT2D eigenvalue weighted by Crippen LogP contribution is 2.46. The number of carbonyl (C=O) groups excluding carboxylic acids is 1. The van der Waals surface area contributed by atoms with Gasteiger partial charge in [-0.2, -0.15) is 0 Å². The van der Waals surface area contributed by atoms with E-state index in [1.165, 1.54) is 6.07 Å². The third-order valence-corrected chi connectivity index (χ3v) is 3.95. The van der Waals surface area contributed by atoms with E-state index in [1.807, 2.05) is 6.07 Å². The van der Waals surface area contributed by atoms with Crippen LogP contribution in [-0.4, -0.2) is 5.78 Å². The van der Waals surface area contributed by atoms with Crippen molar-refractivity contribution in [3.63, 3.8) is 0 Å². The van der Waals surface area contributed by atoms with Gasteiger partial charge >= 0.3 is 0 Å². The third kappa shape index (κ3) is 1.72. The van der Waals surface area contributed by atoms with Crippen molar-refractivity contribution < 1.29 is 9.18 Å². The summed E-state index contributed by atoms with van der Waals surface area (Å²) in [6, 6.07) is 5.24. The molecule has 2 unspecified atom stereocenters. The Balaban J connectivity index is 2.21. The first-order chi connectivity index (χ1) is 8.15. The SMILES string of the molecule is C=C1CC2CC(=O)CC(C1)c1c(F)cccc12. The number of allylic oxidation sites excluding steroid dienone is 1. The third-order valence-electron chi connectivity index (χ3n) is 3.95. The lowest BCUT2D eigenvalue weighted by atomic mass is 9.87. The van der Waals surface area contributed by atoms with E-state index in [2.05, 4.69) is 6.58 Å². The smallest absolute Gasteiger partial charge is 0.134 e. The number of hydrogen-bond donors (Lipinski definition) is 0. The van der Waals surface area contributed by atoms with Crippen LogP contribution in [0.5, 0.6) is 0 Å². The van der Waals surface area contributed by atoms with Gasteiger partial charge in [0.2, 0.25) is 0 Å². The molecule has 3 rings (SSSR count). The van der Waals surface area contributed by atoms with Crippen LogP contribution in [0, 0.1) is 5.82 Å². The Labute approximate surface area is 100 Å². The molecule has 0 spiro atoms. The van der Waals surface area contributed by atoms with E-state index in [9.17, 15) is 9.18 Å². The summed E-state index contributed by atoms with van der Waals surface area (Å²) in [5.74, 6) is 0.275. The van der Waals surface area contributed by atoms with Crippen molar-refractivity contribution in [1.82, 2.24) is 0 Å². The van der Waals surface area contributed by atoms with Crippen LogP contribution in [0.1, 0.15) is 48.6 Å². The lowest BCUT2D eigenvalue weighted by Gasteiger charge is -2.17. The quantitative estimate of drug-likeness (QED) is 0.621. The standard InChI is InChI=1S/C15H15FO/c1-9-5-10-7-12(17)8-11(6-9)15-13(10)3-2-4-14(15)16/h2-4,10-11H,1,5-8H2. The lowest BCUT2D eigenvalue weighted by molar-refractivity contribution is -0.119. The summed E-state index contributed by atoms with van der Waals surface area (Å²) in [6.45, 7) is 4.06. The number of carbonyl (C=O) groups is 1. The van der Waals surface area contributed by atoms with Gasteiger partial charge in [0.25, 0.3) is 0 Å². The normalized spacial score (nSPS) is 27.6. The summed E-state index contributed by atoms with van der Waals surface area (Å²) >= 11 is 0. The van der Waals surface area contributed by atoms with Crippen LogP contribution in [0.4, 0.5) is 4.39 Å². The van der Waals surface area contributed by atoms with Crippen LogP contribution in [0.3, 0.4) is 0 Å². The molecule has 1 aromatic carbocycles. The molecule has 2 atom stereocenters. The highest BCUT2D eigenvalue weighted by Gasteiger charge is 2.34. The molecule has 88 valence electrons. The molecule has 0 saturated heterocycles. The average molecular weight is 230 g/mol. The molecule has 1 nitrogen and oxygen atoms in total. The second kappa shape index (κ2) is 3.80. The molecule has 2 aliphatic rings. The molecule has 0 fully saturated rings. The molecular weight excluding hydrogens is 215 g/mol. The van der Waals surface area contributed by atoms with E-state index >= 15 is 0 Å². The molecule has 2 bridgehead atoms. The summed E-state index contributed by atoms with van der Waals surface area (Å²) in [5, 5.41) is 0. The summed E-state index contributed by atoms with van der Waals surface area (Å²) < 4.78 is 14.0. The lowest BCUT2D eigenvalue weighted by Crippen LogP contribution is -2.10. The molecule has 2 aliphatic carbocycles. The molecule has 17 heavy (non-hydrogen) atoms. The van der Waals surface area contributed by atoms with E-state index < -0.39 is 0 Å². The highest BCUT2D eigenvalue weighted by atomic mass is 19.1. The van der Waals surface area contributed by atoms with Crippen molar-refractivity contribution in [1.29, 1.82) is 0 Å². The Hall–Kier alpha value is -1.44. The number of ketones is 1. The topological polar surface area (TPSA) is 17.1 Å². The van der Waals surface area contributed by atoms with Crippen molar-refractivity contribution in [2.45, 2.75) is 37.5 Å². The maximum Gasteiger partial charge on any atom is 0.134 e. The molecule has 0 saturated carbocycles. The molecule has 0 aromatic heterocycles. The fourth-order valence-electron chi connectivity index (χ4n) is 3.32. The number of hydrogen-bond acceptors (Lipinski definition) is 1. The number of Topliss-reactive ketones (excluding diaryl/α,β-unsaturated/α-hetero) is 1. The molecular formula is C15H15FO. The Kier molecular flexibility index (Phi) is 2.39. The Morgan fingerprint density at radius 1 is 1.12 bits per heavy atom. The van der Waals surface area contributed by atoms with Crippen LogP contribution >= 0.6 is 0 Å². The molecule has 0 amide bonds. The van der Waals surface area contributed by atoms with E-state index in [-0.39, 0.29) is 23.4 Å². The largest absolute Gasteiger partial charge is 0.300 e. The van der Waals surface area contributed by atoms with Crippen molar-refractivity contribution in [2.24, 2.45) is 0 Å². The van der Waals surface area contributed by atoms with Crippen molar-refractivity contribution in [3.8, 4) is 0 Å². The van der Waals surface area contributed by atoms with Crippen molar-refractivity contribution >= 4 is 5.78 Å². The minimum atomic E-state index is -0.151. The fraction of sp³-hybridized carbons (Fsp3) is 0.400. The summed E-state index contributed by atoms with van der Waals surface area (Å²) in [4.78, 5) is 11.8. The second-order valence-corrected chi connectivity index (χ2v) is 5.24. The van der Waals surface area contributed by atoms with Gasteiger partial charge in [0.1, 0.15) is 11.6 Å². The zero-order valence-electron chi connectivity index (χ0n) is 9.71.